The van der Waals surface area contributed by atoms with Gasteiger partial charge >= 0.3 is 415 Å². The van der Waals surface area contributed by atoms with Crippen molar-refractivity contribution in [3.8, 4) is 33.0 Å². The average Bonchev–Trinajstić information content (AvgIpc) is 3.25. The predicted octanol–water partition coefficient (Wildman–Crippen LogP) is 8.98. The summed E-state index contributed by atoms with van der Waals surface area (Å²) in [4.78, 5) is 29.6. The number of hydrogen-bond acceptors (Lipinski definition) is 8. The van der Waals surface area contributed by atoms with Gasteiger partial charge < -0.3 is 0 Å². The second kappa shape index (κ2) is 24.8. The summed E-state index contributed by atoms with van der Waals surface area (Å²) < 4.78 is 35.5. The van der Waals surface area contributed by atoms with E-state index in [4.69, 9.17) is 28.4 Å². The molecule has 67 heavy (non-hydrogen) atoms. The number of carbonyl (C=O) groups is 2. The molecule has 0 aliphatic heterocycles. The Balaban J connectivity index is 0.000000262. The first-order chi connectivity index (χ1) is 31.8. The first-order valence-electron chi connectivity index (χ1n) is 23.2. The molecule has 0 atom stereocenters. The minimum atomic E-state index is -0.986. The fraction of sp³-hybridized carbons (Fsp3) is 0.500. The van der Waals surface area contributed by atoms with Crippen LogP contribution in [0.3, 0.4) is 0 Å². The number of methoxy groups -OCH3 is 2. The first-order valence-corrected chi connectivity index (χ1v) is 26.6. The summed E-state index contributed by atoms with van der Waals surface area (Å²) in [6.45, 7) is 20.7. The summed E-state index contributed by atoms with van der Waals surface area (Å²) in [7, 11) is 3.29. The third-order valence-corrected chi connectivity index (χ3v) is 15.7. The Hall–Kier alpha value is -4.28. The molecule has 3 aromatic carbocycles. The van der Waals surface area contributed by atoms with Crippen molar-refractivity contribution < 1.29 is 43.1 Å². The minimum absolute atomic E-state index is 0.0117. The number of ether oxygens (including phenoxy) is 6. The fourth-order valence-electron chi connectivity index (χ4n) is 9.61. The van der Waals surface area contributed by atoms with Crippen molar-refractivity contribution in [2.24, 2.45) is 17.8 Å². The molecule has 0 radical (unpaired) electrons. The molecule has 1 N–H and O–H groups in total. The second-order valence-corrected chi connectivity index (χ2v) is 23.4. The molecule has 0 aromatic heterocycles. The Morgan fingerprint density at radius 3 is 2.01 bits per heavy atom. The van der Waals surface area contributed by atoms with Gasteiger partial charge in [0, 0.05) is 0 Å². The SMILES string of the molecule is CCOC(=O)C=C(C)C#C[Se]c1cc(C(C)(C)C)cc(C(C)(C)C)c1OCOC.COCCOCOc1cc(C)c([Se]C#CC(=CC(=O)O)c2ccccc2)cc1C12CC3CC(CC(C3)C1)C2. The van der Waals surface area contributed by atoms with E-state index in [1.54, 1.807) is 21.1 Å². The molecular weight excluding hydrogens is 975 g/mol. The molecule has 11 heteroatoms. The maximum atomic E-state index is 11.6. The predicted molar refractivity (Wildman–Crippen MR) is 269 cm³/mol. The Morgan fingerprint density at radius 1 is 0.791 bits per heavy atom. The zero-order valence-electron chi connectivity index (χ0n) is 41.4. The molecule has 0 amide bonds. The Bertz CT molecular complexity index is 2330. The molecule has 4 aliphatic carbocycles. The van der Waals surface area contributed by atoms with Gasteiger partial charge in [-0.1, -0.05) is 0 Å². The standard InChI is InChI=1S/C32H36O5Se.C24H34O4Se/c1-22-12-29(37-21-36-10-9-35-2)28(32-18-23-13-24(19-32)15-25(14-23)20-32)17-30(22)38-11-8-27(16-31(33)34)26-6-4-3-5-7-26;1-10-27-21(25)13-17(2)11-12-29-20-15-18(23(3,4)5)14-19(24(6,7)8)22(20)28-16-26-9/h3-7,12,16-17,23-25H,9-10,13-15,18-21H2,1-2H3,(H,33,34);13-15H,10,16H2,1-9H3. The molecule has 4 saturated carbocycles. The zero-order valence-corrected chi connectivity index (χ0v) is 44.8. The van der Waals surface area contributed by atoms with Gasteiger partial charge in [-0.3, -0.25) is 0 Å². The molecular formula is C56H70O9Se2. The van der Waals surface area contributed by atoms with Crippen LogP contribution in [0.25, 0.3) is 5.57 Å². The second-order valence-electron chi connectivity index (χ2n) is 19.9. The summed E-state index contributed by atoms with van der Waals surface area (Å²) >= 11 is -0.269. The monoisotopic (exact) mass is 1050 g/mol. The molecule has 0 saturated heterocycles. The van der Waals surface area contributed by atoms with Gasteiger partial charge in [0.15, 0.2) is 0 Å². The van der Waals surface area contributed by atoms with Crippen LogP contribution in [0.15, 0.2) is 72.3 Å². The van der Waals surface area contributed by atoms with Gasteiger partial charge in [-0.25, -0.2) is 0 Å². The van der Waals surface area contributed by atoms with E-state index in [9.17, 15) is 14.7 Å². The summed E-state index contributed by atoms with van der Waals surface area (Å²) in [5.41, 5.74) is 7.05. The van der Waals surface area contributed by atoms with Gasteiger partial charge in [-0.2, -0.15) is 0 Å². The van der Waals surface area contributed by atoms with Crippen molar-refractivity contribution in [2.45, 2.75) is 117 Å². The molecule has 0 unspecified atom stereocenters. The number of hydrogen-bond donors (Lipinski definition) is 1. The quantitative estimate of drug-likeness (QED) is 0.0376. The van der Waals surface area contributed by atoms with Crippen LogP contribution >= 0.6 is 0 Å². The van der Waals surface area contributed by atoms with Crippen molar-refractivity contribution >= 4 is 56.3 Å². The Kier molecular flexibility index (Phi) is 19.9. The number of allylic oxidation sites excluding steroid dienone is 2. The van der Waals surface area contributed by atoms with E-state index >= 15 is 0 Å². The van der Waals surface area contributed by atoms with Gasteiger partial charge in [0.1, 0.15) is 0 Å². The van der Waals surface area contributed by atoms with E-state index in [2.05, 4.69) is 94.2 Å². The molecule has 9 nitrogen and oxygen atoms in total. The van der Waals surface area contributed by atoms with Crippen molar-refractivity contribution in [1.82, 2.24) is 0 Å². The number of rotatable bonds is 16. The molecule has 0 heterocycles. The number of carboxylic acid groups (broad SMARTS) is 1. The van der Waals surface area contributed by atoms with Crippen molar-refractivity contribution in [1.29, 1.82) is 0 Å². The summed E-state index contributed by atoms with van der Waals surface area (Å²) in [6, 6.07) is 18.5. The van der Waals surface area contributed by atoms with Crippen LogP contribution in [0.4, 0.5) is 0 Å². The number of carboxylic acids is 1. The molecule has 7 rings (SSSR count). The van der Waals surface area contributed by atoms with E-state index in [-0.39, 0.29) is 65.7 Å². The topological polar surface area (TPSA) is 110 Å². The van der Waals surface area contributed by atoms with Gasteiger partial charge in [0.2, 0.25) is 0 Å². The summed E-state index contributed by atoms with van der Waals surface area (Å²) in [5.74, 6) is 9.18. The molecule has 0 spiro atoms. The number of carbonyl (C=O) groups excluding carboxylic acids is 1. The van der Waals surface area contributed by atoms with Gasteiger partial charge in [0.25, 0.3) is 0 Å². The van der Waals surface area contributed by atoms with Crippen LogP contribution in [-0.2, 0) is 44.8 Å². The van der Waals surface area contributed by atoms with E-state index < -0.39 is 5.97 Å². The third-order valence-electron chi connectivity index (χ3n) is 12.4. The number of esters is 1. The van der Waals surface area contributed by atoms with Crippen molar-refractivity contribution in [3.63, 3.8) is 0 Å². The summed E-state index contributed by atoms with van der Waals surface area (Å²) in [6.07, 6.45) is 10.6. The molecule has 4 bridgehead atoms. The molecule has 3 aromatic rings. The summed E-state index contributed by atoms with van der Waals surface area (Å²) in [5, 5.41) is 9.37. The van der Waals surface area contributed by atoms with Gasteiger partial charge in [-0.15, -0.1) is 0 Å². The number of benzene rings is 3. The molecule has 4 fully saturated rings. The van der Waals surface area contributed by atoms with Crippen LogP contribution in [-0.4, -0.2) is 94.6 Å². The normalized spacial score (nSPS) is 19.8. The molecule has 4 aliphatic rings. The van der Waals surface area contributed by atoms with Gasteiger partial charge in [0.05, 0.1) is 0 Å². The number of aryl methyl sites for hydroxylation is 1. The Labute approximate surface area is 412 Å². The van der Waals surface area contributed by atoms with Crippen LogP contribution in [0.2, 0.25) is 0 Å². The molecule has 360 valence electrons. The first kappa shape index (κ1) is 53.7. The third kappa shape index (κ3) is 15.6. The van der Waals surface area contributed by atoms with Crippen LogP contribution in [0.1, 0.15) is 122 Å². The zero-order chi connectivity index (χ0) is 48.8. The van der Waals surface area contributed by atoms with E-state index in [1.807, 2.05) is 37.3 Å². The van der Waals surface area contributed by atoms with Crippen LogP contribution in [0.5, 0.6) is 11.5 Å². The fourth-order valence-corrected chi connectivity index (χ4v) is 12.6. The van der Waals surface area contributed by atoms with Crippen molar-refractivity contribution in [2.75, 3.05) is 47.6 Å². The van der Waals surface area contributed by atoms with E-state index in [0.29, 0.717) is 31.0 Å². The number of aliphatic carboxylic acids is 1. The van der Waals surface area contributed by atoms with Gasteiger partial charge in [-0.05, 0) is 0 Å². The Morgan fingerprint density at radius 2 is 1.43 bits per heavy atom. The van der Waals surface area contributed by atoms with Crippen LogP contribution < -0.4 is 18.4 Å². The van der Waals surface area contributed by atoms with E-state index in [1.165, 1.54) is 66.3 Å². The van der Waals surface area contributed by atoms with Crippen molar-refractivity contribution in [3.05, 3.63) is 100 Å². The average molecular weight is 1050 g/mol. The van der Waals surface area contributed by atoms with Crippen LogP contribution in [0, 0.1) is 46.2 Å². The van der Waals surface area contributed by atoms with E-state index in [0.717, 1.165) is 50.4 Å². The maximum absolute atomic E-state index is 11.6.